The Morgan fingerprint density at radius 3 is 2.69 bits per heavy atom. The molecule has 11 heteroatoms. The molecule has 2 saturated heterocycles. The van der Waals surface area contributed by atoms with Crippen LogP contribution in [0.25, 0.3) is 43.8 Å². The number of benzene rings is 3. The Bertz CT molecular complexity index is 2190. The van der Waals surface area contributed by atoms with Gasteiger partial charge in [0.15, 0.2) is 5.82 Å². The molecule has 3 aromatic carbocycles. The number of aromatic hydroxyl groups is 1. The molecule has 3 aliphatic rings. The largest absolute Gasteiger partial charge is 0.508 e. The zero-order chi connectivity index (χ0) is 34.2. The molecule has 2 N–H and O–H groups in total. The van der Waals surface area contributed by atoms with E-state index >= 15 is 8.78 Å². The number of likely N-dealkylation sites (N-methyl/N-ethyl adjacent to an activating group) is 1. The number of terminal acetylenes is 1. The van der Waals surface area contributed by atoms with Crippen molar-refractivity contribution in [3.05, 3.63) is 53.3 Å². The second kappa shape index (κ2) is 11.5. The van der Waals surface area contributed by atoms with E-state index in [0.717, 1.165) is 38.6 Å². The molecule has 49 heavy (non-hydrogen) atoms. The van der Waals surface area contributed by atoms with Crippen LogP contribution in [0.1, 0.15) is 49.8 Å². The molecular weight excluding hydrogens is 631 g/mol. The number of phenols is 1. The van der Waals surface area contributed by atoms with Crippen LogP contribution in [-0.4, -0.2) is 82.5 Å². The number of fused-ring (bicyclic) bond motifs is 5. The van der Waals surface area contributed by atoms with Crippen molar-refractivity contribution in [2.24, 2.45) is 0 Å². The molecule has 254 valence electrons. The summed E-state index contributed by atoms with van der Waals surface area (Å²) in [6.45, 7) is 3.65. The van der Waals surface area contributed by atoms with E-state index in [1.807, 2.05) is 0 Å². The Kier molecular flexibility index (Phi) is 7.46. The second-order valence-electron chi connectivity index (χ2n) is 14.2. The van der Waals surface area contributed by atoms with E-state index in [1.165, 1.54) is 24.3 Å². The molecule has 0 bridgehead atoms. The van der Waals surface area contributed by atoms with Crippen LogP contribution in [-0.2, 0) is 0 Å². The molecule has 2 atom stereocenters. The van der Waals surface area contributed by atoms with Crippen LogP contribution >= 0.6 is 0 Å². The van der Waals surface area contributed by atoms with Crippen LogP contribution in [0.5, 0.6) is 11.8 Å². The highest BCUT2D eigenvalue weighted by Gasteiger charge is 2.49. The number of halogens is 3. The number of hydrogen-bond donors (Lipinski definition) is 2. The van der Waals surface area contributed by atoms with Gasteiger partial charge in [0.25, 0.3) is 0 Å². The maximum absolute atomic E-state index is 17.4. The standard InChI is InChI=1S/C38H38F3N5O3/c1-5-25-28(40)9-8-22-15-24(47)16-26(29(22)25)30-32(41)33-31(27-14-21(2)49-34(27)30)35(42-19-37(45(3)4)10-6-11-37)44-36(43-33)48-20-38-12-7-13-46(38)18-23(39)17-38/h1,8-9,14-16,23,47H,6-7,10-13,17-20H2,2-4H3,(H,42,43,44)/t23-,38+/m1/s1. The van der Waals surface area contributed by atoms with Gasteiger partial charge in [-0.1, -0.05) is 12.0 Å². The molecule has 5 aromatic rings. The smallest absolute Gasteiger partial charge is 0.319 e. The Labute approximate surface area is 282 Å². The number of alkyl halides is 1. The Morgan fingerprint density at radius 1 is 1.14 bits per heavy atom. The van der Waals surface area contributed by atoms with Crippen molar-refractivity contribution in [2.75, 3.05) is 45.7 Å². The van der Waals surface area contributed by atoms with Gasteiger partial charge in [-0.25, -0.2) is 13.2 Å². The number of aryl methyl sites for hydroxylation is 1. The third-order valence-electron chi connectivity index (χ3n) is 11.2. The average molecular weight is 670 g/mol. The lowest BCUT2D eigenvalue weighted by molar-refractivity contribution is 0.0738. The fourth-order valence-electron chi connectivity index (χ4n) is 8.42. The zero-order valence-electron chi connectivity index (χ0n) is 27.8. The van der Waals surface area contributed by atoms with Gasteiger partial charge in [0.05, 0.1) is 22.1 Å². The molecule has 2 aromatic heterocycles. The topological polar surface area (TPSA) is 86.9 Å². The summed E-state index contributed by atoms with van der Waals surface area (Å²) in [5.41, 5.74) is -0.315. The first-order chi connectivity index (χ1) is 23.5. The van der Waals surface area contributed by atoms with Gasteiger partial charge in [0.1, 0.15) is 47.0 Å². The van der Waals surface area contributed by atoms with Crippen LogP contribution in [0.3, 0.4) is 0 Å². The SMILES string of the molecule is C#Cc1c(F)ccc2cc(O)cc(-c3c(F)c4nc(OC[C@@]56CCCN5C[C@H](F)C6)nc(NCC5(N(C)C)CCC5)c4c4cc(C)oc34)c12. The van der Waals surface area contributed by atoms with Gasteiger partial charge < -0.3 is 24.5 Å². The lowest BCUT2D eigenvalue weighted by atomic mass is 9.75. The Hall–Kier alpha value is -4.53. The summed E-state index contributed by atoms with van der Waals surface area (Å²) in [4.78, 5) is 13.8. The van der Waals surface area contributed by atoms with E-state index in [0.29, 0.717) is 47.2 Å². The lowest BCUT2D eigenvalue weighted by Gasteiger charge is -2.47. The monoisotopic (exact) mass is 669 g/mol. The number of hydrogen-bond acceptors (Lipinski definition) is 8. The summed E-state index contributed by atoms with van der Waals surface area (Å²) in [6.07, 6.45) is 10.1. The molecule has 0 radical (unpaired) electrons. The number of anilines is 1. The zero-order valence-corrected chi connectivity index (χ0v) is 27.8. The lowest BCUT2D eigenvalue weighted by Crippen LogP contribution is -2.54. The van der Waals surface area contributed by atoms with Gasteiger partial charge in [-0.3, -0.25) is 4.90 Å². The number of furan rings is 1. The molecule has 0 amide bonds. The number of aromatic nitrogens is 2. The van der Waals surface area contributed by atoms with Gasteiger partial charge >= 0.3 is 6.01 Å². The van der Waals surface area contributed by atoms with Crippen LogP contribution < -0.4 is 10.1 Å². The van der Waals surface area contributed by atoms with Crippen molar-refractivity contribution < 1.29 is 27.4 Å². The van der Waals surface area contributed by atoms with E-state index < -0.39 is 23.3 Å². The normalized spacial score (nSPS) is 21.8. The number of ether oxygens (including phenoxy) is 1. The van der Waals surface area contributed by atoms with Crippen molar-refractivity contribution in [3.8, 4) is 35.2 Å². The molecule has 8 nitrogen and oxygen atoms in total. The maximum Gasteiger partial charge on any atom is 0.319 e. The summed E-state index contributed by atoms with van der Waals surface area (Å²) in [6, 6.07) is 7.29. The summed E-state index contributed by atoms with van der Waals surface area (Å²) in [7, 11) is 4.10. The van der Waals surface area contributed by atoms with E-state index in [2.05, 4.69) is 40.1 Å². The molecule has 1 saturated carbocycles. The third kappa shape index (κ3) is 4.98. The van der Waals surface area contributed by atoms with Crippen molar-refractivity contribution in [3.63, 3.8) is 0 Å². The number of rotatable bonds is 8. The summed E-state index contributed by atoms with van der Waals surface area (Å²) in [5, 5.41) is 15.9. The third-order valence-corrected chi connectivity index (χ3v) is 11.2. The summed E-state index contributed by atoms with van der Waals surface area (Å²) < 4.78 is 59.5. The minimum atomic E-state index is -0.934. The molecule has 3 fully saturated rings. The summed E-state index contributed by atoms with van der Waals surface area (Å²) >= 11 is 0. The highest BCUT2D eigenvalue weighted by atomic mass is 19.1. The van der Waals surface area contributed by atoms with Crippen molar-refractivity contribution in [2.45, 2.75) is 62.7 Å². The first-order valence-corrected chi connectivity index (χ1v) is 16.8. The van der Waals surface area contributed by atoms with Crippen molar-refractivity contribution >= 4 is 38.5 Å². The van der Waals surface area contributed by atoms with Crippen LogP contribution in [0.15, 0.2) is 34.7 Å². The Morgan fingerprint density at radius 2 is 1.96 bits per heavy atom. The van der Waals surface area contributed by atoms with E-state index in [9.17, 15) is 9.50 Å². The predicted molar refractivity (Wildman–Crippen MR) is 184 cm³/mol. The van der Waals surface area contributed by atoms with Gasteiger partial charge in [-0.05, 0) is 89.3 Å². The van der Waals surface area contributed by atoms with Gasteiger partial charge in [0, 0.05) is 41.4 Å². The average Bonchev–Trinajstić information content (AvgIpc) is 3.70. The fraction of sp³-hybridized carbons (Fsp3) is 0.421. The van der Waals surface area contributed by atoms with Gasteiger partial charge in [-0.15, -0.1) is 6.42 Å². The second-order valence-corrected chi connectivity index (χ2v) is 14.2. The number of nitrogens with zero attached hydrogens (tertiary/aromatic N) is 4. The first-order valence-electron chi connectivity index (χ1n) is 16.8. The van der Waals surface area contributed by atoms with Crippen LogP contribution in [0, 0.1) is 30.9 Å². The molecule has 0 unspecified atom stereocenters. The number of phenolic OH excluding ortho intramolecular Hbond substituents is 1. The highest BCUT2D eigenvalue weighted by Crippen LogP contribution is 2.46. The molecule has 0 spiro atoms. The van der Waals surface area contributed by atoms with Crippen molar-refractivity contribution in [1.82, 2.24) is 19.8 Å². The molecule has 4 heterocycles. The minimum absolute atomic E-state index is 0.0189. The minimum Gasteiger partial charge on any atom is -0.508 e. The fourth-order valence-corrected chi connectivity index (χ4v) is 8.42. The Balaban J connectivity index is 1.35. The van der Waals surface area contributed by atoms with E-state index in [4.69, 9.17) is 20.6 Å². The highest BCUT2D eigenvalue weighted by molar-refractivity contribution is 6.18. The van der Waals surface area contributed by atoms with Crippen molar-refractivity contribution in [1.29, 1.82) is 0 Å². The quantitative estimate of drug-likeness (QED) is 0.166. The molecule has 2 aliphatic heterocycles. The van der Waals surface area contributed by atoms with Crippen LogP contribution in [0.2, 0.25) is 0 Å². The number of nitrogens with one attached hydrogen (secondary N) is 1. The maximum atomic E-state index is 17.4. The molecular formula is C38H38F3N5O3. The summed E-state index contributed by atoms with van der Waals surface area (Å²) in [5.74, 6) is 1.74. The predicted octanol–water partition coefficient (Wildman–Crippen LogP) is 7.32. The molecule has 1 aliphatic carbocycles. The van der Waals surface area contributed by atoms with Gasteiger partial charge in [0.2, 0.25) is 0 Å². The first kappa shape index (κ1) is 31.7. The van der Waals surface area contributed by atoms with Crippen LogP contribution in [0.4, 0.5) is 19.0 Å². The van der Waals surface area contributed by atoms with E-state index in [1.54, 1.807) is 13.0 Å². The van der Waals surface area contributed by atoms with Gasteiger partial charge in [-0.2, -0.15) is 9.97 Å². The molecule has 8 rings (SSSR count). The van der Waals surface area contributed by atoms with E-state index in [-0.39, 0.29) is 57.1 Å².